The van der Waals surface area contributed by atoms with Crippen molar-refractivity contribution in [2.24, 2.45) is 0 Å². The van der Waals surface area contributed by atoms with Crippen LogP contribution in [0.5, 0.6) is 0 Å². The highest BCUT2D eigenvalue weighted by Gasteiger charge is 2.44. The maximum atomic E-state index is 12.9. The Balaban J connectivity index is 2.01. The van der Waals surface area contributed by atoms with E-state index in [-0.39, 0.29) is 12.5 Å². The molecule has 0 bridgehead atoms. The fourth-order valence-corrected chi connectivity index (χ4v) is 8.08. The van der Waals surface area contributed by atoms with Crippen molar-refractivity contribution in [2.75, 3.05) is 13.2 Å². The molecule has 1 aliphatic rings. The van der Waals surface area contributed by atoms with Gasteiger partial charge in [0.15, 0.2) is 6.29 Å². The molecule has 7 unspecified atom stereocenters. The van der Waals surface area contributed by atoms with Crippen LogP contribution in [0.3, 0.4) is 0 Å². The summed E-state index contributed by atoms with van der Waals surface area (Å²) < 4.78 is 11.2. The lowest BCUT2D eigenvalue weighted by Crippen LogP contribution is -2.60. The van der Waals surface area contributed by atoms with Crippen molar-refractivity contribution < 1.29 is 39.8 Å². The van der Waals surface area contributed by atoms with Crippen LogP contribution in [0, 0.1) is 0 Å². The van der Waals surface area contributed by atoms with Gasteiger partial charge in [-0.1, -0.05) is 227 Å². The van der Waals surface area contributed by atoms with Crippen LogP contribution >= 0.6 is 0 Å². The third-order valence-corrected chi connectivity index (χ3v) is 12.4. The maximum Gasteiger partial charge on any atom is 0.220 e. The van der Waals surface area contributed by atoms with Crippen LogP contribution in [-0.4, -0.2) is 87.5 Å². The predicted octanol–water partition coefficient (Wildman–Crippen LogP) is 13.2. The largest absolute Gasteiger partial charge is 0.394 e. The summed E-state index contributed by atoms with van der Waals surface area (Å²) >= 11 is 0. The second kappa shape index (κ2) is 47.8. The van der Waals surface area contributed by atoms with Gasteiger partial charge < -0.3 is 40.3 Å². The van der Waals surface area contributed by atoms with Gasteiger partial charge >= 0.3 is 0 Å². The van der Waals surface area contributed by atoms with Crippen LogP contribution in [-0.2, 0) is 14.3 Å². The summed E-state index contributed by atoms with van der Waals surface area (Å²) in [5.74, 6) is -0.185. The number of ether oxygens (including phenoxy) is 2. The molecule has 1 rings (SSSR count). The van der Waals surface area contributed by atoms with Crippen LogP contribution in [0.25, 0.3) is 0 Å². The van der Waals surface area contributed by atoms with Crippen molar-refractivity contribution in [3.05, 3.63) is 97.2 Å². The van der Waals surface area contributed by atoms with Crippen molar-refractivity contribution in [3.8, 4) is 0 Å². The molecule has 1 saturated heterocycles. The smallest absolute Gasteiger partial charge is 0.220 e. The lowest BCUT2D eigenvalue weighted by Gasteiger charge is -2.40. The van der Waals surface area contributed by atoms with E-state index in [1.54, 1.807) is 6.08 Å². The van der Waals surface area contributed by atoms with Crippen LogP contribution < -0.4 is 5.32 Å². The van der Waals surface area contributed by atoms with Gasteiger partial charge in [-0.3, -0.25) is 4.79 Å². The molecule has 390 valence electrons. The van der Waals surface area contributed by atoms with E-state index in [4.69, 9.17) is 9.47 Å². The van der Waals surface area contributed by atoms with Crippen molar-refractivity contribution in [1.29, 1.82) is 0 Å². The quantitative estimate of drug-likeness (QED) is 0.0261. The molecule has 9 nitrogen and oxygen atoms in total. The summed E-state index contributed by atoms with van der Waals surface area (Å²) in [6, 6.07) is -0.804. The molecule has 0 saturated carbocycles. The number of rotatable bonds is 45. The van der Waals surface area contributed by atoms with Crippen molar-refractivity contribution >= 4 is 5.91 Å². The van der Waals surface area contributed by atoms with E-state index in [0.29, 0.717) is 6.42 Å². The summed E-state index contributed by atoms with van der Waals surface area (Å²) in [5, 5.41) is 53.9. The van der Waals surface area contributed by atoms with Crippen LogP contribution in [0.15, 0.2) is 97.2 Å². The number of carbonyl (C=O) groups excluding carboxylic acids is 1. The van der Waals surface area contributed by atoms with Gasteiger partial charge in [-0.2, -0.15) is 0 Å². The molecule has 0 spiro atoms. The molecule has 7 atom stereocenters. The number of hydrogen-bond acceptors (Lipinski definition) is 8. The fourth-order valence-electron chi connectivity index (χ4n) is 8.08. The monoisotopic (exact) mass is 952 g/mol. The normalized spacial score (nSPS) is 20.4. The van der Waals surface area contributed by atoms with Crippen LogP contribution in [0.1, 0.15) is 213 Å². The number of unbranched alkanes of at least 4 members (excludes halogenated alkanes) is 21. The third kappa shape index (κ3) is 37.0. The molecular formula is C59H101NO8. The molecule has 1 heterocycles. The molecule has 1 aliphatic heterocycles. The first kappa shape index (κ1) is 63.1. The van der Waals surface area contributed by atoms with Crippen LogP contribution in [0.2, 0.25) is 0 Å². The van der Waals surface area contributed by atoms with E-state index in [0.717, 1.165) is 96.3 Å². The van der Waals surface area contributed by atoms with Gasteiger partial charge in [-0.15, -0.1) is 0 Å². The van der Waals surface area contributed by atoms with Gasteiger partial charge in [0, 0.05) is 6.42 Å². The first-order valence-corrected chi connectivity index (χ1v) is 27.5. The first-order chi connectivity index (χ1) is 33.3. The second-order valence-electron chi connectivity index (χ2n) is 18.6. The number of nitrogens with one attached hydrogen (secondary N) is 1. The number of aliphatic hydroxyl groups is 5. The molecule has 68 heavy (non-hydrogen) atoms. The van der Waals surface area contributed by atoms with Crippen LogP contribution in [0.4, 0.5) is 0 Å². The fraction of sp³-hybridized carbons (Fsp3) is 0.712. The maximum absolute atomic E-state index is 12.9. The summed E-state index contributed by atoms with van der Waals surface area (Å²) in [5.41, 5.74) is 0. The Bertz CT molecular complexity index is 1380. The summed E-state index contributed by atoms with van der Waals surface area (Å²) in [6.07, 6.45) is 62.5. The average Bonchev–Trinajstić information content (AvgIpc) is 3.34. The van der Waals surface area contributed by atoms with E-state index >= 15 is 0 Å². The molecule has 0 aromatic rings. The molecule has 0 radical (unpaired) electrons. The Labute approximate surface area is 415 Å². The van der Waals surface area contributed by atoms with E-state index in [2.05, 4.69) is 104 Å². The van der Waals surface area contributed by atoms with E-state index in [1.165, 1.54) is 96.3 Å². The minimum atomic E-state index is -1.57. The topological polar surface area (TPSA) is 149 Å². The van der Waals surface area contributed by atoms with E-state index in [1.807, 2.05) is 6.08 Å². The Morgan fingerprint density at radius 1 is 0.515 bits per heavy atom. The van der Waals surface area contributed by atoms with Gasteiger partial charge in [-0.25, -0.2) is 0 Å². The number of aliphatic hydroxyl groups excluding tert-OH is 5. The van der Waals surface area contributed by atoms with Gasteiger partial charge in [0.2, 0.25) is 5.91 Å². The SMILES string of the molecule is CC/C=C\C/C=C\C/C=C\C/C=C\C/C=C\C/C=C\C/C=C\CCCCCCCCCCCCCCCCCCCC(=O)NC(COC1OC(CO)C(O)C(O)C1O)C(O)/C=C/CCCCCC. The number of allylic oxidation sites excluding steroid dienone is 15. The van der Waals surface area contributed by atoms with Gasteiger partial charge in [0.25, 0.3) is 0 Å². The van der Waals surface area contributed by atoms with Gasteiger partial charge in [0.1, 0.15) is 24.4 Å². The molecule has 1 amide bonds. The van der Waals surface area contributed by atoms with E-state index in [9.17, 15) is 30.3 Å². The molecule has 9 heteroatoms. The molecule has 1 fully saturated rings. The molecule has 0 aromatic carbocycles. The highest BCUT2D eigenvalue weighted by molar-refractivity contribution is 5.76. The second-order valence-corrected chi connectivity index (χ2v) is 18.6. The summed E-state index contributed by atoms with van der Waals surface area (Å²) in [4.78, 5) is 12.9. The zero-order valence-corrected chi connectivity index (χ0v) is 43.1. The minimum Gasteiger partial charge on any atom is -0.394 e. The first-order valence-electron chi connectivity index (χ1n) is 27.5. The van der Waals surface area contributed by atoms with E-state index < -0.39 is 49.5 Å². The minimum absolute atomic E-state index is 0.185. The predicted molar refractivity (Wildman–Crippen MR) is 285 cm³/mol. The number of carbonyl (C=O) groups is 1. The average molecular weight is 952 g/mol. The Morgan fingerprint density at radius 2 is 0.912 bits per heavy atom. The lowest BCUT2D eigenvalue weighted by molar-refractivity contribution is -0.302. The molecule has 0 aromatic heterocycles. The Hall–Kier alpha value is -2.89. The third-order valence-electron chi connectivity index (χ3n) is 12.4. The number of hydrogen-bond donors (Lipinski definition) is 6. The highest BCUT2D eigenvalue weighted by Crippen LogP contribution is 2.23. The Kier molecular flexibility index (Phi) is 44.3. The lowest BCUT2D eigenvalue weighted by atomic mass is 9.99. The van der Waals surface area contributed by atoms with Crippen molar-refractivity contribution in [2.45, 2.75) is 256 Å². The zero-order valence-electron chi connectivity index (χ0n) is 43.1. The van der Waals surface area contributed by atoms with Crippen molar-refractivity contribution in [1.82, 2.24) is 5.32 Å². The highest BCUT2D eigenvalue weighted by atomic mass is 16.7. The molecular weight excluding hydrogens is 851 g/mol. The number of amides is 1. The van der Waals surface area contributed by atoms with Crippen molar-refractivity contribution in [3.63, 3.8) is 0 Å². The Morgan fingerprint density at radius 3 is 1.35 bits per heavy atom. The standard InChI is InChI=1S/C59H101NO8/c1-3-5-7-9-11-12-13-14-15-16-17-18-19-20-21-22-23-24-25-26-27-28-29-30-31-32-33-34-35-36-37-38-39-40-41-42-43-45-47-49-55(63)60-52(53(62)48-46-44-10-8-6-4-2)51-67-59-58(66)57(65)56(64)54(50-61)68-59/h5,7,11-12,14-15,17-18,20-21,23-24,26-27,46,48,52-54,56-59,61-62,64-66H,3-4,6,8-10,13,16,19,22,25,28-45,47,49-51H2,1-2H3,(H,60,63)/b7-5-,12-11-,15-14-,18-17-,21-20-,24-23-,27-26-,48-46+. The van der Waals surface area contributed by atoms with Gasteiger partial charge in [0.05, 0.1) is 25.4 Å². The van der Waals surface area contributed by atoms with Gasteiger partial charge in [-0.05, 0) is 77.0 Å². The molecule has 0 aliphatic carbocycles. The summed E-state index contributed by atoms with van der Waals surface area (Å²) in [7, 11) is 0. The summed E-state index contributed by atoms with van der Waals surface area (Å²) in [6.45, 7) is 3.56. The zero-order chi connectivity index (χ0) is 49.4. The molecule has 6 N–H and O–H groups in total.